The molecule has 0 saturated heterocycles. The van der Waals surface area contributed by atoms with Crippen molar-refractivity contribution in [3.8, 4) is 0 Å². The first-order valence-electron chi connectivity index (χ1n) is 8.35. The van der Waals surface area contributed by atoms with E-state index in [1.165, 1.54) is 53.8 Å². The van der Waals surface area contributed by atoms with Gasteiger partial charge in [-0.05, 0) is 0 Å². The number of unbranched alkanes of at least 4 members (excludes halogenated alkanes) is 2. The van der Waals surface area contributed by atoms with Crippen LogP contribution < -0.4 is 0 Å². The van der Waals surface area contributed by atoms with E-state index in [1.807, 2.05) is 0 Å². The molecule has 0 aliphatic heterocycles. The zero-order chi connectivity index (χ0) is 14.7. The van der Waals surface area contributed by atoms with Crippen molar-refractivity contribution < 1.29 is 4.74 Å². The molecule has 1 nitrogen and oxygen atoms in total. The third kappa shape index (κ3) is 8.09. The molecular formula is C17H31ClOSn. The van der Waals surface area contributed by atoms with Crippen LogP contribution in [-0.2, 0) is 4.74 Å². The Labute approximate surface area is 133 Å². The summed E-state index contributed by atoms with van der Waals surface area (Å²) in [6.45, 7) is 5.25. The van der Waals surface area contributed by atoms with E-state index in [2.05, 4.69) is 36.2 Å². The number of hydrogen-bond donors (Lipinski definition) is 0. The van der Waals surface area contributed by atoms with E-state index in [9.17, 15) is 0 Å². The van der Waals surface area contributed by atoms with E-state index in [1.54, 1.807) is 0 Å². The van der Waals surface area contributed by atoms with Gasteiger partial charge in [0.1, 0.15) is 0 Å². The summed E-state index contributed by atoms with van der Waals surface area (Å²) < 4.78 is 10.9. The number of ether oxygens (including phenoxy) is 1. The second-order valence-electron chi connectivity index (χ2n) is 5.87. The topological polar surface area (TPSA) is 9.23 Å². The second kappa shape index (κ2) is 11.1. The van der Waals surface area contributed by atoms with Crippen molar-refractivity contribution in [2.24, 2.45) is 0 Å². The zero-order valence-electron chi connectivity index (χ0n) is 13.2. The third-order valence-electron chi connectivity index (χ3n) is 3.93. The number of hydrogen-bond acceptors (Lipinski definition) is 1. The van der Waals surface area contributed by atoms with Gasteiger partial charge in [-0.25, -0.2) is 0 Å². The number of allylic oxidation sites excluding steroid dienone is 1. The van der Waals surface area contributed by atoms with Gasteiger partial charge in [-0.15, -0.1) is 0 Å². The Balaban J connectivity index is 2.35. The van der Waals surface area contributed by atoms with Gasteiger partial charge in [0.15, 0.2) is 0 Å². The molecule has 1 aliphatic carbocycles. The van der Waals surface area contributed by atoms with Crippen molar-refractivity contribution >= 4 is 26.2 Å². The second-order valence-corrected chi connectivity index (χ2v) is 20.6. The van der Waals surface area contributed by atoms with Crippen LogP contribution in [-0.4, -0.2) is 30.0 Å². The molecule has 20 heavy (non-hydrogen) atoms. The normalized spacial score (nSPS) is 19.9. The first-order chi connectivity index (χ1) is 9.70. The first-order valence-corrected chi connectivity index (χ1v) is 17.6. The van der Waals surface area contributed by atoms with Gasteiger partial charge in [0.2, 0.25) is 0 Å². The quantitative estimate of drug-likeness (QED) is 0.320. The van der Waals surface area contributed by atoms with Gasteiger partial charge >= 0.3 is 134 Å². The third-order valence-corrected chi connectivity index (χ3v) is 16.4. The SMILES string of the molecule is CCC[CH2][Sn]([Cl])(/[CH]=C\COC1C=CCCC1)[CH2]CCC. The molecular weight excluding hydrogens is 374 g/mol. The Hall–Kier alpha value is 0.529. The van der Waals surface area contributed by atoms with Crippen molar-refractivity contribution in [1.29, 1.82) is 0 Å². The first kappa shape index (κ1) is 18.6. The Morgan fingerprint density at radius 3 is 2.50 bits per heavy atom. The maximum atomic E-state index is 6.97. The number of halogens is 1. The summed E-state index contributed by atoms with van der Waals surface area (Å²) in [5.74, 6) is 0. The van der Waals surface area contributed by atoms with Gasteiger partial charge in [-0.3, -0.25) is 0 Å². The number of rotatable bonds is 10. The van der Waals surface area contributed by atoms with E-state index < -0.39 is 17.3 Å². The van der Waals surface area contributed by atoms with Crippen molar-refractivity contribution in [3.63, 3.8) is 0 Å². The van der Waals surface area contributed by atoms with Crippen LogP contribution in [0.25, 0.3) is 0 Å². The summed E-state index contributed by atoms with van der Waals surface area (Å²) in [5, 5.41) is 0. The molecule has 0 bridgehead atoms. The Morgan fingerprint density at radius 2 is 1.95 bits per heavy atom. The molecule has 0 aromatic rings. The average Bonchev–Trinajstić information content (AvgIpc) is 2.49. The molecule has 0 N–H and O–H groups in total. The van der Waals surface area contributed by atoms with Crippen molar-refractivity contribution in [3.05, 3.63) is 22.3 Å². The van der Waals surface area contributed by atoms with Crippen LogP contribution in [0, 0.1) is 0 Å². The van der Waals surface area contributed by atoms with Gasteiger partial charge in [0.05, 0.1) is 0 Å². The van der Waals surface area contributed by atoms with Crippen LogP contribution in [0.2, 0.25) is 8.87 Å². The predicted octanol–water partition coefficient (Wildman–Crippen LogP) is 5.99. The fourth-order valence-electron chi connectivity index (χ4n) is 2.59. The Morgan fingerprint density at radius 1 is 1.25 bits per heavy atom. The molecule has 0 heterocycles. The predicted molar refractivity (Wildman–Crippen MR) is 92.9 cm³/mol. The molecule has 0 fully saturated rings. The van der Waals surface area contributed by atoms with E-state index in [0.717, 1.165) is 6.61 Å². The fraction of sp³-hybridized carbons (Fsp3) is 0.765. The van der Waals surface area contributed by atoms with E-state index in [0.29, 0.717) is 6.10 Å². The molecule has 0 aromatic carbocycles. The molecule has 1 atom stereocenters. The minimum absolute atomic E-state index is 0.333. The summed E-state index contributed by atoms with van der Waals surface area (Å²) >= 11 is -2.47. The summed E-state index contributed by atoms with van der Waals surface area (Å²) in [6, 6.07) is 0. The van der Waals surface area contributed by atoms with Crippen LogP contribution in [0.1, 0.15) is 58.8 Å². The molecule has 1 unspecified atom stereocenters. The minimum atomic E-state index is -2.47. The van der Waals surface area contributed by atoms with Crippen LogP contribution in [0.3, 0.4) is 0 Å². The van der Waals surface area contributed by atoms with E-state index in [-0.39, 0.29) is 0 Å². The van der Waals surface area contributed by atoms with Crippen molar-refractivity contribution in [2.45, 2.75) is 73.8 Å². The van der Waals surface area contributed by atoms with E-state index >= 15 is 0 Å². The summed E-state index contributed by atoms with van der Waals surface area (Å²) in [5.41, 5.74) is 0. The van der Waals surface area contributed by atoms with E-state index in [4.69, 9.17) is 13.7 Å². The maximum absolute atomic E-state index is 6.97. The van der Waals surface area contributed by atoms with Gasteiger partial charge in [-0.1, -0.05) is 0 Å². The van der Waals surface area contributed by atoms with Gasteiger partial charge < -0.3 is 0 Å². The van der Waals surface area contributed by atoms with Gasteiger partial charge in [-0.2, -0.15) is 0 Å². The molecule has 1 aliphatic rings. The van der Waals surface area contributed by atoms with Gasteiger partial charge in [0, 0.05) is 0 Å². The molecule has 0 saturated carbocycles. The molecule has 0 aromatic heterocycles. The summed E-state index contributed by atoms with van der Waals surface area (Å²) in [6.07, 6.45) is 15.8. The Kier molecular flexibility index (Phi) is 10.4. The molecule has 0 amide bonds. The Bertz CT molecular complexity index is 293. The molecule has 1 rings (SSSR count). The van der Waals surface area contributed by atoms with Crippen LogP contribution >= 0.6 is 8.92 Å². The molecule has 0 radical (unpaired) electrons. The fourth-order valence-corrected chi connectivity index (χ4v) is 13.5. The van der Waals surface area contributed by atoms with Gasteiger partial charge in [0.25, 0.3) is 0 Å². The van der Waals surface area contributed by atoms with Crippen LogP contribution in [0.5, 0.6) is 0 Å². The van der Waals surface area contributed by atoms with Crippen LogP contribution in [0.15, 0.2) is 22.3 Å². The van der Waals surface area contributed by atoms with Crippen molar-refractivity contribution in [2.75, 3.05) is 6.61 Å². The summed E-state index contributed by atoms with van der Waals surface area (Å²) in [7, 11) is 6.97. The van der Waals surface area contributed by atoms with Crippen LogP contribution in [0.4, 0.5) is 0 Å². The molecule has 3 heteroatoms. The van der Waals surface area contributed by atoms with Crippen molar-refractivity contribution in [1.82, 2.24) is 0 Å². The zero-order valence-corrected chi connectivity index (χ0v) is 16.9. The molecule has 116 valence electrons. The average molecular weight is 406 g/mol. The standard InChI is InChI=1S/C9H13O.2C4H9.ClH.Sn/c1-2-8-10-9-6-4-3-5-7-9;2*1-3-4-2;;/h1-2,4,6,9H,3,5,7-8H2;2*1,3-4H2,2H3;1H;/q;;;;+1/p-1. The monoisotopic (exact) mass is 406 g/mol. The summed E-state index contributed by atoms with van der Waals surface area (Å²) in [4.78, 5) is 0. The molecule has 0 spiro atoms.